The Labute approximate surface area is 173 Å². The van der Waals surface area contributed by atoms with Gasteiger partial charge in [0.15, 0.2) is 10.3 Å². The van der Waals surface area contributed by atoms with Crippen LogP contribution in [0.15, 0.2) is 35.5 Å². The van der Waals surface area contributed by atoms with Crippen molar-refractivity contribution >= 4 is 34.1 Å². The van der Waals surface area contributed by atoms with Gasteiger partial charge in [-0.3, -0.25) is 4.79 Å². The maximum absolute atomic E-state index is 12.4. The van der Waals surface area contributed by atoms with Gasteiger partial charge in [-0.15, -0.1) is 21.5 Å². The molecule has 6 nitrogen and oxygen atoms in total. The zero-order valence-corrected chi connectivity index (χ0v) is 18.1. The Hall–Kier alpha value is -2.19. The zero-order valence-electron chi connectivity index (χ0n) is 16.4. The van der Waals surface area contributed by atoms with E-state index in [4.69, 9.17) is 0 Å². The van der Waals surface area contributed by atoms with E-state index in [0.717, 1.165) is 52.9 Å². The number of rotatable bonds is 9. The normalized spacial score (nSPS) is 11.0. The Morgan fingerprint density at radius 2 is 2.00 bits per heavy atom. The number of carbonyl (C=O) groups excluding carboxylic acids is 1. The maximum Gasteiger partial charge on any atom is 0.236 e. The van der Waals surface area contributed by atoms with Crippen LogP contribution in [0.2, 0.25) is 0 Å². The van der Waals surface area contributed by atoms with E-state index in [1.165, 1.54) is 23.1 Å². The Kier molecular flexibility index (Phi) is 7.22. The SMILES string of the molecule is CCCCc1nnc(SCC(=O)Nc2nc(-c3ccccc3)c(C)s2)n1CC. The number of anilines is 1. The van der Waals surface area contributed by atoms with Gasteiger partial charge >= 0.3 is 0 Å². The van der Waals surface area contributed by atoms with E-state index in [2.05, 4.69) is 38.9 Å². The molecule has 0 atom stereocenters. The predicted molar refractivity (Wildman–Crippen MR) is 116 cm³/mol. The molecule has 3 aromatic rings. The van der Waals surface area contributed by atoms with E-state index in [1.54, 1.807) is 0 Å². The van der Waals surface area contributed by atoms with E-state index < -0.39 is 0 Å². The monoisotopic (exact) mass is 415 g/mol. The van der Waals surface area contributed by atoms with Gasteiger partial charge in [-0.25, -0.2) is 4.98 Å². The number of nitrogens with one attached hydrogen (secondary N) is 1. The number of thioether (sulfide) groups is 1. The van der Waals surface area contributed by atoms with Gasteiger partial charge in [0, 0.05) is 23.4 Å². The molecule has 0 fully saturated rings. The summed E-state index contributed by atoms with van der Waals surface area (Å²) in [6.45, 7) is 7.07. The van der Waals surface area contributed by atoms with Crippen LogP contribution >= 0.6 is 23.1 Å². The highest BCUT2D eigenvalue weighted by Gasteiger charge is 2.15. The summed E-state index contributed by atoms with van der Waals surface area (Å²) in [5, 5.41) is 12.9. The van der Waals surface area contributed by atoms with Crippen LogP contribution in [-0.4, -0.2) is 31.4 Å². The molecule has 0 aliphatic heterocycles. The summed E-state index contributed by atoms with van der Waals surface area (Å²) in [4.78, 5) is 18.1. The molecule has 28 heavy (non-hydrogen) atoms. The summed E-state index contributed by atoms with van der Waals surface area (Å²) < 4.78 is 2.09. The van der Waals surface area contributed by atoms with Crippen LogP contribution < -0.4 is 5.32 Å². The minimum atomic E-state index is -0.0841. The summed E-state index contributed by atoms with van der Waals surface area (Å²) in [6, 6.07) is 10.0. The molecule has 1 N–H and O–H groups in total. The molecule has 0 aliphatic carbocycles. The second-order valence-electron chi connectivity index (χ2n) is 6.37. The molecule has 0 aliphatic rings. The average molecular weight is 416 g/mol. The lowest BCUT2D eigenvalue weighted by molar-refractivity contribution is -0.113. The Morgan fingerprint density at radius 1 is 1.21 bits per heavy atom. The molecular formula is C20H25N5OS2. The molecule has 0 radical (unpaired) electrons. The number of amides is 1. The third kappa shape index (κ3) is 4.99. The number of nitrogens with zero attached hydrogens (tertiary/aromatic N) is 4. The highest BCUT2D eigenvalue weighted by atomic mass is 32.2. The van der Waals surface area contributed by atoms with Crippen molar-refractivity contribution in [3.8, 4) is 11.3 Å². The van der Waals surface area contributed by atoms with Crippen molar-refractivity contribution in [1.82, 2.24) is 19.7 Å². The number of benzene rings is 1. The maximum atomic E-state index is 12.4. The van der Waals surface area contributed by atoms with Crippen LogP contribution in [0.4, 0.5) is 5.13 Å². The summed E-state index contributed by atoms with van der Waals surface area (Å²) >= 11 is 2.91. The van der Waals surface area contributed by atoms with Crippen LogP contribution in [0, 0.1) is 6.92 Å². The van der Waals surface area contributed by atoms with Gasteiger partial charge in [0.2, 0.25) is 5.91 Å². The lowest BCUT2D eigenvalue weighted by Crippen LogP contribution is -2.14. The minimum Gasteiger partial charge on any atom is -0.306 e. The molecule has 1 aromatic carbocycles. The van der Waals surface area contributed by atoms with E-state index in [9.17, 15) is 4.79 Å². The smallest absolute Gasteiger partial charge is 0.236 e. The Balaban J connectivity index is 1.60. The third-order valence-corrected chi connectivity index (χ3v) is 6.14. The van der Waals surface area contributed by atoms with Crippen molar-refractivity contribution < 1.29 is 4.79 Å². The number of thiazole rings is 1. The number of carbonyl (C=O) groups is 1. The first-order chi connectivity index (χ1) is 13.6. The number of aromatic nitrogens is 4. The van der Waals surface area contributed by atoms with Gasteiger partial charge in [-0.1, -0.05) is 55.4 Å². The van der Waals surface area contributed by atoms with Gasteiger partial charge in [-0.2, -0.15) is 0 Å². The molecule has 0 saturated heterocycles. The van der Waals surface area contributed by atoms with Crippen LogP contribution in [-0.2, 0) is 17.8 Å². The summed E-state index contributed by atoms with van der Waals surface area (Å²) in [7, 11) is 0. The van der Waals surface area contributed by atoms with Crippen molar-refractivity contribution in [3.05, 3.63) is 41.0 Å². The number of aryl methyl sites for hydroxylation is 2. The van der Waals surface area contributed by atoms with Crippen LogP contribution in [0.1, 0.15) is 37.4 Å². The summed E-state index contributed by atoms with van der Waals surface area (Å²) in [5.41, 5.74) is 1.97. The molecule has 0 spiro atoms. The third-order valence-electron chi connectivity index (χ3n) is 4.29. The molecule has 0 unspecified atom stereocenters. The fourth-order valence-corrected chi connectivity index (χ4v) is 4.54. The van der Waals surface area contributed by atoms with Crippen LogP contribution in [0.25, 0.3) is 11.3 Å². The average Bonchev–Trinajstić information content (AvgIpc) is 3.27. The van der Waals surface area contributed by atoms with E-state index in [1.807, 2.05) is 37.3 Å². The standard InChI is InChI=1S/C20H25N5OS2/c1-4-6-12-16-23-24-20(25(16)5-2)27-13-17(26)21-19-22-18(14(3)28-19)15-10-8-7-9-11-15/h7-11H,4-6,12-13H2,1-3H3,(H,21,22,26). The first-order valence-electron chi connectivity index (χ1n) is 9.50. The highest BCUT2D eigenvalue weighted by Crippen LogP contribution is 2.30. The molecule has 2 heterocycles. The molecule has 1 amide bonds. The Bertz CT molecular complexity index is 920. The van der Waals surface area contributed by atoms with Crippen molar-refractivity contribution in [2.75, 3.05) is 11.1 Å². The quantitative estimate of drug-likeness (QED) is 0.508. The number of hydrogen-bond acceptors (Lipinski definition) is 6. The first-order valence-corrected chi connectivity index (χ1v) is 11.3. The van der Waals surface area contributed by atoms with Gasteiger partial charge in [-0.05, 0) is 20.3 Å². The molecule has 8 heteroatoms. The predicted octanol–water partition coefficient (Wildman–Crippen LogP) is 4.80. The lowest BCUT2D eigenvalue weighted by atomic mass is 10.1. The molecule has 0 saturated carbocycles. The zero-order chi connectivity index (χ0) is 19.9. The highest BCUT2D eigenvalue weighted by molar-refractivity contribution is 7.99. The van der Waals surface area contributed by atoms with Crippen molar-refractivity contribution in [1.29, 1.82) is 0 Å². The van der Waals surface area contributed by atoms with Crippen LogP contribution in [0.5, 0.6) is 0 Å². The van der Waals surface area contributed by atoms with Gasteiger partial charge in [0.1, 0.15) is 5.82 Å². The first kappa shape index (κ1) is 20.5. The minimum absolute atomic E-state index is 0.0841. The van der Waals surface area contributed by atoms with E-state index >= 15 is 0 Å². The van der Waals surface area contributed by atoms with E-state index in [0.29, 0.717) is 5.13 Å². The second-order valence-corrected chi connectivity index (χ2v) is 8.52. The van der Waals surface area contributed by atoms with Gasteiger partial charge in [0.25, 0.3) is 0 Å². The van der Waals surface area contributed by atoms with Crippen molar-refractivity contribution in [2.45, 2.75) is 51.7 Å². The summed E-state index contributed by atoms with van der Waals surface area (Å²) in [5.74, 6) is 1.19. The molecule has 148 valence electrons. The van der Waals surface area contributed by atoms with Crippen LogP contribution in [0.3, 0.4) is 0 Å². The topological polar surface area (TPSA) is 72.7 Å². The molecule has 0 bridgehead atoms. The molecular weight excluding hydrogens is 390 g/mol. The van der Waals surface area contributed by atoms with Gasteiger partial charge in [0.05, 0.1) is 11.4 Å². The fourth-order valence-electron chi connectivity index (χ4n) is 2.86. The molecule has 2 aromatic heterocycles. The second kappa shape index (κ2) is 9.84. The molecule has 3 rings (SSSR count). The van der Waals surface area contributed by atoms with Gasteiger partial charge < -0.3 is 9.88 Å². The van der Waals surface area contributed by atoms with Crippen molar-refractivity contribution in [3.63, 3.8) is 0 Å². The fraction of sp³-hybridized carbons (Fsp3) is 0.400. The number of unbranched alkanes of at least 4 members (excludes halogenated alkanes) is 1. The Morgan fingerprint density at radius 3 is 2.71 bits per heavy atom. The largest absolute Gasteiger partial charge is 0.306 e. The summed E-state index contributed by atoms with van der Waals surface area (Å²) in [6.07, 6.45) is 3.14. The van der Waals surface area contributed by atoms with E-state index in [-0.39, 0.29) is 11.7 Å². The van der Waals surface area contributed by atoms with Crippen molar-refractivity contribution in [2.24, 2.45) is 0 Å². The number of hydrogen-bond donors (Lipinski definition) is 1. The lowest BCUT2D eigenvalue weighted by Gasteiger charge is -2.06.